The Hall–Kier alpha value is -3.22. The Kier molecular flexibility index (Phi) is 7.98. The van der Waals surface area contributed by atoms with Gasteiger partial charge in [-0.2, -0.15) is 0 Å². The molecule has 0 atom stereocenters. The number of rotatable bonds is 8. The summed E-state index contributed by atoms with van der Waals surface area (Å²) in [5, 5.41) is 2.96. The van der Waals surface area contributed by atoms with Crippen molar-refractivity contribution in [2.45, 2.75) is 26.7 Å². The third-order valence-corrected chi connectivity index (χ3v) is 6.03. The SMILES string of the molecule is COc1ccc(C(=O)N2CCC(CNC(=O)COc3cccc(C)c3C)CC2)cc1OC. The molecule has 1 fully saturated rings. The quantitative estimate of drug-likeness (QED) is 0.681. The molecule has 0 radical (unpaired) electrons. The summed E-state index contributed by atoms with van der Waals surface area (Å²) in [5.74, 6) is 2.07. The number of hydrogen-bond donors (Lipinski definition) is 1. The van der Waals surface area contributed by atoms with E-state index in [9.17, 15) is 9.59 Å². The van der Waals surface area contributed by atoms with Crippen LogP contribution in [0.3, 0.4) is 0 Å². The van der Waals surface area contributed by atoms with Crippen LogP contribution >= 0.6 is 0 Å². The standard InChI is InChI=1S/C25H32N2O5/c1-17-6-5-7-21(18(17)2)32-16-24(28)26-15-19-10-12-27(13-11-19)25(29)20-8-9-22(30-3)23(14-20)31-4/h5-9,14,19H,10-13,15-16H2,1-4H3,(H,26,28). The number of carbonyl (C=O) groups is 2. The minimum Gasteiger partial charge on any atom is -0.493 e. The number of nitrogens with zero attached hydrogens (tertiary/aromatic N) is 1. The van der Waals surface area contributed by atoms with E-state index >= 15 is 0 Å². The largest absolute Gasteiger partial charge is 0.493 e. The lowest BCUT2D eigenvalue weighted by atomic mass is 9.96. The Morgan fingerprint density at radius 2 is 1.72 bits per heavy atom. The summed E-state index contributed by atoms with van der Waals surface area (Å²) in [7, 11) is 3.12. The summed E-state index contributed by atoms with van der Waals surface area (Å²) in [6.45, 7) is 5.91. The van der Waals surface area contributed by atoms with Crippen LogP contribution in [0.15, 0.2) is 36.4 Å². The van der Waals surface area contributed by atoms with E-state index in [-0.39, 0.29) is 18.4 Å². The predicted molar refractivity (Wildman–Crippen MR) is 123 cm³/mol. The van der Waals surface area contributed by atoms with Crippen LogP contribution in [-0.2, 0) is 4.79 Å². The van der Waals surface area contributed by atoms with Gasteiger partial charge in [-0.3, -0.25) is 9.59 Å². The maximum Gasteiger partial charge on any atom is 0.257 e. The van der Waals surface area contributed by atoms with Gasteiger partial charge in [0.25, 0.3) is 11.8 Å². The van der Waals surface area contributed by atoms with Crippen LogP contribution in [0, 0.1) is 19.8 Å². The summed E-state index contributed by atoms with van der Waals surface area (Å²) < 4.78 is 16.2. The zero-order valence-electron chi connectivity index (χ0n) is 19.3. The molecule has 0 aliphatic carbocycles. The second-order valence-electron chi connectivity index (χ2n) is 8.10. The van der Waals surface area contributed by atoms with Crippen molar-refractivity contribution in [1.82, 2.24) is 10.2 Å². The molecule has 32 heavy (non-hydrogen) atoms. The van der Waals surface area contributed by atoms with Crippen LogP contribution in [0.5, 0.6) is 17.2 Å². The molecule has 1 heterocycles. The fourth-order valence-electron chi connectivity index (χ4n) is 3.83. The molecular formula is C25H32N2O5. The first-order valence-electron chi connectivity index (χ1n) is 10.9. The minimum absolute atomic E-state index is 0.000919. The first kappa shape index (κ1) is 23.4. The first-order valence-corrected chi connectivity index (χ1v) is 10.9. The smallest absolute Gasteiger partial charge is 0.257 e. The van der Waals surface area contributed by atoms with Crippen LogP contribution in [0.25, 0.3) is 0 Å². The zero-order valence-corrected chi connectivity index (χ0v) is 19.3. The molecule has 1 saturated heterocycles. The molecule has 7 nitrogen and oxygen atoms in total. The average Bonchev–Trinajstić information content (AvgIpc) is 2.83. The van der Waals surface area contributed by atoms with Crippen LogP contribution in [0.1, 0.15) is 34.3 Å². The van der Waals surface area contributed by atoms with Gasteiger partial charge in [-0.05, 0) is 68.0 Å². The van der Waals surface area contributed by atoms with Crippen LogP contribution in [0.2, 0.25) is 0 Å². The van der Waals surface area contributed by atoms with Crippen LogP contribution < -0.4 is 19.5 Å². The Morgan fingerprint density at radius 3 is 2.41 bits per heavy atom. The molecular weight excluding hydrogens is 408 g/mol. The number of piperidine rings is 1. The second kappa shape index (κ2) is 10.9. The van der Waals surface area contributed by atoms with Gasteiger partial charge in [-0.25, -0.2) is 0 Å². The molecule has 0 aromatic heterocycles. The normalized spacial score (nSPS) is 14.1. The number of hydrogen-bond acceptors (Lipinski definition) is 5. The predicted octanol–water partition coefficient (Wildman–Crippen LogP) is 3.37. The Balaban J connectivity index is 1.43. The van der Waals surface area contributed by atoms with Crippen molar-refractivity contribution in [3.63, 3.8) is 0 Å². The third-order valence-electron chi connectivity index (χ3n) is 6.03. The molecule has 3 rings (SSSR count). The van der Waals surface area contributed by atoms with E-state index in [0.717, 1.165) is 29.7 Å². The van der Waals surface area contributed by atoms with E-state index in [2.05, 4.69) is 5.32 Å². The Morgan fingerprint density at radius 1 is 1.00 bits per heavy atom. The molecule has 0 bridgehead atoms. The van der Waals surface area contributed by atoms with Crippen LogP contribution in [-0.4, -0.2) is 57.2 Å². The van der Waals surface area contributed by atoms with Gasteiger partial charge < -0.3 is 24.4 Å². The highest BCUT2D eigenvalue weighted by atomic mass is 16.5. The minimum atomic E-state index is -0.130. The van der Waals surface area contributed by atoms with Crippen molar-refractivity contribution < 1.29 is 23.8 Å². The highest BCUT2D eigenvalue weighted by Crippen LogP contribution is 2.29. The number of aryl methyl sites for hydroxylation is 1. The number of benzene rings is 2. The molecule has 7 heteroatoms. The summed E-state index contributed by atoms with van der Waals surface area (Å²) in [6, 6.07) is 11.0. The maximum absolute atomic E-state index is 12.9. The van der Waals surface area contributed by atoms with E-state index in [1.807, 2.05) is 36.9 Å². The van der Waals surface area contributed by atoms with Crippen molar-refractivity contribution in [2.24, 2.45) is 5.92 Å². The van der Waals surface area contributed by atoms with Gasteiger partial charge >= 0.3 is 0 Å². The monoisotopic (exact) mass is 440 g/mol. The van der Waals surface area contributed by atoms with Gasteiger partial charge in [0.1, 0.15) is 5.75 Å². The maximum atomic E-state index is 12.9. The Labute approximate surface area is 189 Å². The molecule has 2 aromatic carbocycles. The summed E-state index contributed by atoms with van der Waals surface area (Å²) in [5.41, 5.74) is 2.77. The molecule has 0 unspecified atom stereocenters. The van der Waals surface area contributed by atoms with E-state index < -0.39 is 0 Å². The molecule has 2 aromatic rings. The second-order valence-corrected chi connectivity index (χ2v) is 8.10. The van der Waals surface area contributed by atoms with Gasteiger partial charge in [0.2, 0.25) is 0 Å². The molecule has 1 aliphatic heterocycles. The lowest BCUT2D eigenvalue weighted by Gasteiger charge is -2.32. The van der Waals surface area contributed by atoms with Crippen LogP contribution in [0.4, 0.5) is 0 Å². The first-order chi connectivity index (χ1) is 15.4. The van der Waals surface area contributed by atoms with Crippen molar-refractivity contribution in [3.8, 4) is 17.2 Å². The number of methoxy groups -OCH3 is 2. The van der Waals surface area contributed by atoms with E-state index in [4.69, 9.17) is 14.2 Å². The van der Waals surface area contributed by atoms with E-state index in [1.54, 1.807) is 32.4 Å². The molecule has 0 saturated carbocycles. The van der Waals surface area contributed by atoms with Gasteiger partial charge in [-0.1, -0.05) is 12.1 Å². The molecule has 0 spiro atoms. The van der Waals surface area contributed by atoms with Crippen molar-refractivity contribution in [2.75, 3.05) is 40.5 Å². The highest BCUT2D eigenvalue weighted by molar-refractivity contribution is 5.95. The summed E-state index contributed by atoms with van der Waals surface area (Å²) in [4.78, 5) is 26.9. The fraction of sp³-hybridized carbons (Fsp3) is 0.440. The zero-order chi connectivity index (χ0) is 23.1. The third kappa shape index (κ3) is 5.72. The summed E-state index contributed by atoms with van der Waals surface area (Å²) >= 11 is 0. The number of ether oxygens (including phenoxy) is 3. The average molecular weight is 441 g/mol. The van der Waals surface area contributed by atoms with Crippen molar-refractivity contribution >= 4 is 11.8 Å². The molecule has 172 valence electrons. The summed E-state index contributed by atoms with van der Waals surface area (Å²) in [6.07, 6.45) is 1.69. The molecule has 1 N–H and O–H groups in total. The van der Waals surface area contributed by atoms with Gasteiger partial charge in [0.15, 0.2) is 18.1 Å². The number of amides is 2. The lowest BCUT2D eigenvalue weighted by molar-refractivity contribution is -0.123. The number of nitrogens with one attached hydrogen (secondary N) is 1. The van der Waals surface area contributed by atoms with E-state index in [0.29, 0.717) is 42.6 Å². The van der Waals surface area contributed by atoms with Gasteiger partial charge in [0.05, 0.1) is 14.2 Å². The van der Waals surface area contributed by atoms with Gasteiger partial charge in [-0.15, -0.1) is 0 Å². The highest BCUT2D eigenvalue weighted by Gasteiger charge is 2.24. The number of carbonyl (C=O) groups excluding carboxylic acids is 2. The molecule has 2 amide bonds. The molecule has 1 aliphatic rings. The van der Waals surface area contributed by atoms with Gasteiger partial charge in [0, 0.05) is 25.2 Å². The Bertz CT molecular complexity index is 951. The lowest BCUT2D eigenvalue weighted by Crippen LogP contribution is -2.42. The number of likely N-dealkylation sites (tertiary alicyclic amines) is 1. The van der Waals surface area contributed by atoms with E-state index in [1.165, 1.54) is 0 Å². The van der Waals surface area contributed by atoms with Crippen molar-refractivity contribution in [1.29, 1.82) is 0 Å². The topological polar surface area (TPSA) is 77.1 Å². The van der Waals surface area contributed by atoms with Crippen molar-refractivity contribution in [3.05, 3.63) is 53.1 Å². The fourth-order valence-corrected chi connectivity index (χ4v) is 3.83.